The van der Waals surface area contributed by atoms with Crippen LogP contribution in [0.15, 0.2) is 39.8 Å². The molecule has 0 atom stereocenters. The average molecular weight is 287 g/mol. The third-order valence-electron chi connectivity index (χ3n) is 3.17. The number of hydrogen-bond donors (Lipinski definition) is 0. The SMILES string of the molecule is CC(C)(C)c1nc2cccc(F)c2c(=O)n1-c1ccon1. The molecular formula is C15H14FN3O2. The fourth-order valence-electron chi connectivity index (χ4n) is 2.23. The van der Waals surface area contributed by atoms with E-state index in [2.05, 4.69) is 10.1 Å². The average Bonchev–Trinajstić information content (AvgIpc) is 2.90. The van der Waals surface area contributed by atoms with Crippen molar-refractivity contribution in [3.05, 3.63) is 52.5 Å². The van der Waals surface area contributed by atoms with Gasteiger partial charge in [-0.1, -0.05) is 32.0 Å². The molecule has 0 amide bonds. The van der Waals surface area contributed by atoms with Crippen molar-refractivity contribution in [1.82, 2.24) is 14.7 Å². The Morgan fingerprint density at radius 1 is 1.24 bits per heavy atom. The standard InChI is InChI=1S/C15H14FN3O2/c1-15(2,3)14-17-10-6-4-5-9(16)12(10)13(20)19(14)11-7-8-21-18-11/h4-8H,1-3H3. The minimum Gasteiger partial charge on any atom is -0.363 e. The highest BCUT2D eigenvalue weighted by Crippen LogP contribution is 2.24. The predicted octanol–water partition coefficient (Wildman–Crippen LogP) is 2.81. The van der Waals surface area contributed by atoms with E-state index in [0.717, 1.165) is 0 Å². The van der Waals surface area contributed by atoms with Crippen LogP contribution in [0.3, 0.4) is 0 Å². The molecule has 0 saturated heterocycles. The van der Waals surface area contributed by atoms with Crippen molar-refractivity contribution in [3.63, 3.8) is 0 Å². The van der Waals surface area contributed by atoms with Gasteiger partial charge < -0.3 is 4.52 Å². The Morgan fingerprint density at radius 2 is 2.00 bits per heavy atom. The van der Waals surface area contributed by atoms with Gasteiger partial charge in [-0.05, 0) is 12.1 Å². The molecular weight excluding hydrogens is 273 g/mol. The summed E-state index contributed by atoms with van der Waals surface area (Å²) in [5, 5.41) is 3.74. The lowest BCUT2D eigenvalue weighted by Crippen LogP contribution is -2.31. The normalized spacial score (nSPS) is 12.0. The van der Waals surface area contributed by atoms with Crippen LogP contribution in [-0.2, 0) is 5.41 Å². The maximum Gasteiger partial charge on any atom is 0.270 e. The molecule has 2 aromatic heterocycles. The largest absolute Gasteiger partial charge is 0.363 e. The summed E-state index contributed by atoms with van der Waals surface area (Å²) < 4.78 is 20.1. The number of benzene rings is 1. The number of nitrogens with zero attached hydrogens (tertiary/aromatic N) is 3. The summed E-state index contributed by atoms with van der Waals surface area (Å²) in [5.41, 5.74) is -0.569. The maximum atomic E-state index is 14.0. The molecule has 1 aromatic carbocycles. The molecule has 0 radical (unpaired) electrons. The van der Waals surface area contributed by atoms with Crippen LogP contribution in [-0.4, -0.2) is 14.7 Å². The lowest BCUT2D eigenvalue weighted by atomic mass is 9.95. The Balaban J connectivity index is 2.51. The van der Waals surface area contributed by atoms with Crippen molar-refractivity contribution in [1.29, 1.82) is 0 Å². The number of rotatable bonds is 1. The van der Waals surface area contributed by atoms with Gasteiger partial charge in [-0.15, -0.1) is 0 Å². The molecule has 0 fully saturated rings. The molecule has 5 nitrogen and oxygen atoms in total. The van der Waals surface area contributed by atoms with Gasteiger partial charge in [0.1, 0.15) is 23.3 Å². The van der Waals surface area contributed by atoms with Gasteiger partial charge in [0.05, 0.1) is 5.52 Å². The fraction of sp³-hybridized carbons (Fsp3) is 0.267. The van der Waals surface area contributed by atoms with Crippen molar-refractivity contribution in [2.24, 2.45) is 0 Å². The summed E-state index contributed by atoms with van der Waals surface area (Å²) in [7, 11) is 0. The Hall–Kier alpha value is -2.50. The Bertz CT molecular complexity index is 861. The zero-order valence-corrected chi connectivity index (χ0v) is 11.9. The van der Waals surface area contributed by atoms with E-state index in [1.165, 1.54) is 23.0 Å². The van der Waals surface area contributed by atoms with Crippen LogP contribution in [0.5, 0.6) is 0 Å². The predicted molar refractivity (Wildman–Crippen MR) is 76.1 cm³/mol. The monoisotopic (exact) mass is 287 g/mol. The van der Waals surface area contributed by atoms with E-state index in [4.69, 9.17) is 4.52 Å². The smallest absolute Gasteiger partial charge is 0.270 e. The second kappa shape index (κ2) is 4.51. The van der Waals surface area contributed by atoms with Crippen LogP contribution < -0.4 is 5.56 Å². The molecule has 0 aliphatic heterocycles. The van der Waals surface area contributed by atoms with E-state index < -0.39 is 16.8 Å². The van der Waals surface area contributed by atoms with Gasteiger partial charge in [-0.3, -0.25) is 4.79 Å². The second-order valence-electron chi connectivity index (χ2n) is 5.82. The van der Waals surface area contributed by atoms with Gasteiger partial charge in [0.25, 0.3) is 5.56 Å². The molecule has 21 heavy (non-hydrogen) atoms. The van der Waals surface area contributed by atoms with Gasteiger partial charge in [-0.25, -0.2) is 13.9 Å². The van der Waals surface area contributed by atoms with Crippen LogP contribution in [0.25, 0.3) is 16.7 Å². The number of halogens is 1. The number of aromatic nitrogens is 3. The number of fused-ring (bicyclic) bond motifs is 1. The van der Waals surface area contributed by atoms with Gasteiger partial charge in [0.15, 0.2) is 5.82 Å². The van der Waals surface area contributed by atoms with Crippen LogP contribution in [0, 0.1) is 5.82 Å². The van der Waals surface area contributed by atoms with Crippen molar-refractivity contribution < 1.29 is 8.91 Å². The van der Waals surface area contributed by atoms with E-state index in [1.807, 2.05) is 20.8 Å². The molecule has 0 unspecified atom stereocenters. The first-order chi connectivity index (χ1) is 9.89. The highest BCUT2D eigenvalue weighted by atomic mass is 19.1. The molecule has 0 aliphatic rings. The summed E-state index contributed by atoms with van der Waals surface area (Å²) in [6, 6.07) is 5.96. The van der Waals surface area contributed by atoms with E-state index in [9.17, 15) is 9.18 Å². The maximum absolute atomic E-state index is 14.0. The molecule has 2 heterocycles. The van der Waals surface area contributed by atoms with Crippen molar-refractivity contribution >= 4 is 10.9 Å². The molecule has 0 N–H and O–H groups in total. The quantitative estimate of drug-likeness (QED) is 0.690. The minimum absolute atomic E-state index is 0.0477. The molecule has 0 aliphatic carbocycles. The Kier molecular flexibility index (Phi) is 2.90. The molecule has 3 rings (SSSR count). The lowest BCUT2D eigenvalue weighted by molar-refractivity contribution is 0.412. The number of hydrogen-bond acceptors (Lipinski definition) is 4. The first kappa shape index (κ1) is 13.5. The summed E-state index contributed by atoms with van der Waals surface area (Å²) in [5.74, 6) is 0.199. The Morgan fingerprint density at radius 3 is 2.62 bits per heavy atom. The fourth-order valence-corrected chi connectivity index (χ4v) is 2.23. The van der Waals surface area contributed by atoms with Crippen LogP contribution in [0.2, 0.25) is 0 Å². The van der Waals surface area contributed by atoms with Crippen LogP contribution in [0.4, 0.5) is 4.39 Å². The third kappa shape index (κ3) is 2.12. The van der Waals surface area contributed by atoms with Crippen LogP contribution in [0.1, 0.15) is 26.6 Å². The summed E-state index contributed by atoms with van der Waals surface area (Å²) in [6.07, 6.45) is 1.36. The van der Waals surface area contributed by atoms with E-state index in [0.29, 0.717) is 17.2 Å². The minimum atomic E-state index is -0.595. The first-order valence-electron chi connectivity index (χ1n) is 6.52. The highest BCUT2D eigenvalue weighted by molar-refractivity contribution is 5.78. The van der Waals surface area contributed by atoms with Crippen LogP contribution >= 0.6 is 0 Å². The van der Waals surface area contributed by atoms with Gasteiger partial charge in [0, 0.05) is 11.5 Å². The zero-order chi connectivity index (χ0) is 15.2. The van der Waals surface area contributed by atoms with E-state index in [1.54, 1.807) is 12.1 Å². The molecule has 0 spiro atoms. The van der Waals surface area contributed by atoms with E-state index in [-0.39, 0.29) is 5.39 Å². The van der Waals surface area contributed by atoms with Gasteiger partial charge >= 0.3 is 0 Å². The molecule has 0 bridgehead atoms. The molecule has 6 heteroatoms. The second-order valence-corrected chi connectivity index (χ2v) is 5.82. The van der Waals surface area contributed by atoms with Crippen molar-refractivity contribution in [2.75, 3.05) is 0 Å². The third-order valence-corrected chi connectivity index (χ3v) is 3.17. The summed E-state index contributed by atoms with van der Waals surface area (Å²) in [6.45, 7) is 5.78. The summed E-state index contributed by atoms with van der Waals surface area (Å²) in [4.78, 5) is 17.2. The van der Waals surface area contributed by atoms with Crippen molar-refractivity contribution in [2.45, 2.75) is 26.2 Å². The summed E-state index contributed by atoms with van der Waals surface area (Å²) >= 11 is 0. The van der Waals surface area contributed by atoms with E-state index >= 15 is 0 Å². The molecule has 0 saturated carbocycles. The highest BCUT2D eigenvalue weighted by Gasteiger charge is 2.25. The topological polar surface area (TPSA) is 60.9 Å². The van der Waals surface area contributed by atoms with Crippen molar-refractivity contribution in [3.8, 4) is 5.82 Å². The zero-order valence-electron chi connectivity index (χ0n) is 11.9. The first-order valence-corrected chi connectivity index (χ1v) is 6.52. The lowest BCUT2D eigenvalue weighted by Gasteiger charge is -2.22. The van der Waals surface area contributed by atoms with Gasteiger partial charge in [0.2, 0.25) is 0 Å². The Labute approximate surface area is 120 Å². The molecule has 108 valence electrons. The van der Waals surface area contributed by atoms with Gasteiger partial charge in [-0.2, -0.15) is 0 Å². The molecule has 3 aromatic rings.